The smallest absolute Gasteiger partial charge is 0.321 e. The van der Waals surface area contributed by atoms with Crippen LogP contribution in [0.2, 0.25) is 0 Å². The molecule has 0 saturated carbocycles. The number of carbonyl (C=O) groups is 2. The second-order valence-corrected chi connectivity index (χ2v) is 6.81. The summed E-state index contributed by atoms with van der Waals surface area (Å²) in [4.78, 5) is 29.2. The highest BCUT2D eigenvalue weighted by Gasteiger charge is 2.16. The van der Waals surface area contributed by atoms with Gasteiger partial charge in [0.25, 0.3) is 0 Å². The number of nitrogens with zero attached hydrogens (tertiary/aromatic N) is 1. The van der Waals surface area contributed by atoms with E-state index < -0.39 is 12.1 Å². The molecule has 0 bridgehead atoms. The number of benzene rings is 1. The number of hydrogen-bond donors (Lipinski definition) is 3. The number of urea groups is 1. The summed E-state index contributed by atoms with van der Waals surface area (Å²) in [6.45, 7) is 6.20. The van der Waals surface area contributed by atoms with E-state index in [0.717, 1.165) is 10.4 Å². The average molecular weight is 346 g/mol. The zero-order valence-electron chi connectivity index (χ0n) is 14.0. The first-order chi connectivity index (χ1) is 11.5. The predicted octanol–water partition coefficient (Wildman–Crippen LogP) is 3.09. The maximum Gasteiger partial charge on any atom is 0.321 e. The number of amides is 3. The minimum Gasteiger partial charge on any atom is -0.350 e. The number of thiazole rings is 1. The summed E-state index contributed by atoms with van der Waals surface area (Å²) in [7, 11) is 0. The number of rotatable bonds is 6. The average Bonchev–Trinajstić information content (AvgIpc) is 3.02. The molecule has 2 aromatic rings. The van der Waals surface area contributed by atoms with Gasteiger partial charge in [-0.05, 0) is 18.4 Å². The fourth-order valence-electron chi connectivity index (χ4n) is 1.94. The van der Waals surface area contributed by atoms with Gasteiger partial charge >= 0.3 is 6.03 Å². The van der Waals surface area contributed by atoms with Crippen LogP contribution in [0, 0.1) is 0 Å². The van der Waals surface area contributed by atoms with E-state index >= 15 is 0 Å². The van der Waals surface area contributed by atoms with Crippen LogP contribution >= 0.6 is 11.3 Å². The van der Waals surface area contributed by atoms with Gasteiger partial charge in [-0.15, -0.1) is 11.3 Å². The van der Waals surface area contributed by atoms with Crippen LogP contribution in [-0.2, 0) is 11.3 Å². The minimum absolute atomic E-state index is 0.240. The van der Waals surface area contributed by atoms with Gasteiger partial charge in [0, 0.05) is 17.6 Å². The Morgan fingerprint density at radius 3 is 2.50 bits per heavy atom. The lowest BCUT2D eigenvalue weighted by molar-refractivity contribution is -0.122. The molecule has 0 aliphatic rings. The SMILES string of the molecule is CC(C)c1cnc(NC(=O)N[C@H](C)C(=O)NCc2ccccc2)s1. The van der Waals surface area contributed by atoms with E-state index in [4.69, 9.17) is 0 Å². The molecule has 6 nitrogen and oxygen atoms in total. The molecule has 3 N–H and O–H groups in total. The van der Waals surface area contributed by atoms with E-state index in [1.54, 1.807) is 13.1 Å². The quantitative estimate of drug-likeness (QED) is 0.751. The fraction of sp³-hybridized carbons (Fsp3) is 0.353. The molecule has 3 amide bonds. The molecule has 0 aliphatic carbocycles. The maximum atomic E-state index is 12.0. The Hall–Kier alpha value is -2.41. The minimum atomic E-state index is -0.641. The summed E-state index contributed by atoms with van der Waals surface area (Å²) in [5.41, 5.74) is 1.01. The number of carbonyl (C=O) groups excluding carboxylic acids is 2. The van der Waals surface area contributed by atoms with E-state index in [9.17, 15) is 9.59 Å². The van der Waals surface area contributed by atoms with Crippen LogP contribution in [0.4, 0.5) is 9.93 Å². The summed E-state index contributed by atoms with van der Waals surface area (Å²) in [6.07, 6.45) is 1.75. The molecule has 2 rings (SSSR count). The van der Waals surface area contributed by atoms with Crippen molar-refractivity contribution in [3.05, 3.63) is 47.0 Å². The molecule has 0 spiro atoms. The Morgan fingerprint density at radius 1 is 1.17 bits per heavy atom. The van der Waals surface area contributed by atoms with Crippen LogP contribution in [0.15, 0.2) is 36.5 Å². The Labute approximate surface area is 145 Å². The monoisotopic (exact) mass is 346 g/mol. The highest BCUT2D eigenvalue weighted by atomic mass is 32.1. The summed E-state index contributed by atoms with van der Waals surface area (Å²) in [5, 5.41) is 8.58. The molecule has 1 aromatic carbocycles. The van der Waals surface area contributed by atoms with E-state index in [1.165, 1.54) is 11.3 Å². The molecule has 7 heteroatoms. The van der Waals surface area contributed by atoms with Crippen LogP contribution < -0.4 is 16.0 Å². The topological polar surface area (TPSA) is 83.1 Å². The number of anilines is 1. The molecule has 1 aromatic heterocycles. The van der Waals surface area contributed by atoms with E-state index in [0.29, 0.717) is 17.6 Å². The van der Waals surface area contributed by atoms with Crippen molar-refractivity contribution in [2.45, 2.75) is 39.3 Å². The van der Waals surface area contributed by atoms with Crippen LogP contribution in [0.1, 0.15) is 37.1 Å². The zero-order chi connectivity index (χ0) is 17.5. The Kier molecular flexibility index (Phi) is 6.31. The largest absolute Gasteiger partial charge is 0.350 e. The Morgan fingerprint density at radius 2 is 1.88 bits per heavy atom. The van der Waals surface area contributed by atoms with Crippen molar-refractivity contribution in [3.63, 3.8) is 0 Å². The van der Waals surface area contributed by atoms with Gasteiger partial charge in [0.15, 0.2) is 5.13 Å². The third-order valence-electron chi connectivity index (χ3n) is 3.36. The first-order valence-electron chi connectivity index (χ1n) is 7.80. The first kappa shape index (κ1) is 17.9. The standard InChI is InChI=1S/C17H22N4O2S/c1-11(2)14-10-19-17(24-14)21-16(23)20-12(3)15(22)18-9-13-7-5-4-6-8-13/h4-8,10-12H,9H2,1-3H3,(H,18,22)(H2,19,20,21,23)/t12-/m1/s1. The normalized spacial score (nSPS) is 11.8. The summed E-state index contributed by atoms with van der Waals surface area (Å²) in [5.74, 6) is 0.125. The molecule has 0 saturated heterocycles. The van der Waals surface area contributed by atoms with Crippen LogP contribution in [0.25, 0.3) is 0 Å². The Balaban J connectivity index is 1.78. The lowest BCUT2D eigenvalue weighted by atomic mass is 10.2. The van der Waals surface area contributed by atoms with Gasteiger partial charge in [0.1, 0.15) is 6.04 Å². The van der Waals surface area contributed by atoms with Gasteiger partial charge < -0.3 is 10.6 Å². The van der Waals surface area contributed by atoms with Crippen molar-refractivity contribution in [1.82, 2.24) is 15.6 Å². The molecule has 0 fully saturated rings. The maximum absolute atomic E-state index is 12.0. The summed E-state index contributed by atoms with van der Waals surface area (Å²) >= 11 is 1.43. The van der Waals surface area contributed by atoms with Gasteiger partial charge in [-0.2, -0.15) is 0 Å². The second-order valence-electron chi connectivity index (χ2n) is 5.75. The van der Waals surface area contributed by atoms with Gasteiger partial charge in [-0.3, -0.25) is 10.1 Å². The zero-order valence-corrected chi connectivity index (χ0v) is 14.8. The highest BCUT2D eigenvalue weighted by molar-refractivity contribution is 7.15. The number of hydrogen-bond acceptors (Lipinski definition) is 4. The lowest BCUT2D eigenvalue weighted by Crippen LogP contribution is -2.46. The summed E-state index contributed by atoms with van der Waals surface area (Å²) < 4.78 is 0. The van der Waals surface area contributed by atoms with Crippen LogP contribution in [-0.4, -0.2) is 23.0 Å². The molecule has 24 heavy (non-hydrogen) atoms. The third-order valence-corrected chi connectivity index (χ3v) is 4.58. The molecular weight excluding hydrogens is 324 g/mol. The van der Waals surface area contributed by atoms with E-state index in [2.05, 4.69) is 34.8 Å². The molecule has 0 unspecified atom stereocenters. The fourth-order valence-corrected chi connectivity index (χ4v) is 2.76. The third kappa shape index (κ3) is 5.34. The Bertz CT molecular complexity index is 685. The number of nitrogens with one attached hydrogen (secondary N) is 3. The molecule has 1 heterocycles. The van der Waals surface area contributed by atoms with Crippen molar-refractivity contribution in [2.75, 3.05) is 5.32 Å². The molecule has 0 aliphatic heterocycles. The summed E-state index contributed by atoms with van der Waals surface area (Å²) in [6, 6.07) is 8.52. The molecule has 1 atom stereocenters. The highest BCUT2D eigenvalue weighted by Crippen LogP contribution is 2.24. The van der Waals surface area contributed by atoms with Crippen LogP contribution in [0.3, 0.4) is 0 Å². The van der Waals surface area contributed by atoms with E-state index in [1.807, 2.05) is 30.3 Å². The van der Waals surface area contributed by atoms with Gasteiger partial charge in [0.05, 0.1) is 0 Å². The van der Waals surface area contributed by atoms with E-state index in [-0.39, 0.29) is 5.91 Å². The van der Waals surface area contributed by atoms with Crippen molar-refractivity contribution in [2.24, 2.45) is 0 Å². The number of aromatic nitrogens is 1. The van der Waals surface area contributed by atoms with Gasteiger partial charge in [0.2, 0.25) is 5.91 Å². The second kappa shape index (κ2) is 8.44. The van der Waals surface area contributed by atoms with Crippen molar-refractivity contribution >= 4 is 28.4 Å². The molecular formula is C17H22N4O2S. The van der Waals surface area contributed by atoms with Crippen molar-refractivity contribution < 1.29 is 9.59 Å². The lowest BCUT2D eigenvalue weighted by Gasteiger charge is -2.14. The van der Waals surface area contributed by atoms with Crippen molar-refractivity contribution in [3.8, 4) is 0 Å². The molecule has 128 valence electrons. The first-order valence-corrected chi connectivity index (χ1v) is 8.62. The van der Waals surface area contributed by atoms with Gasteiger partial charge in [-0.1, -0.05) is 44.2 Å². The van der Waals surface area contributed by atoms with Gasteiger partial charge in [-0.25, -0.2) is 9.78 Å². The van der Waals surface area contributed by atoms with Crippen LogP contribution in [0.5, 0.6) is 0 Å². The van der Waals surface area contributed by atoms with Crippen molar-refractivity contribution in [1.29, 1.82) is 0 Å². The molecule has 0 radical (unpaired) electrons. The predicted molar refractivity (Wildman–Crippen MR) is 96.1 cm³/mol.